The standard InChI is InChI=1S/C54H103NO5/c1-4-7-10-13-16-19-22-25-26-27-29-30-33-36-39-42-45-50(60-54(59)47-44-41-38-35-32-24-21-18-15-12-9-6-3)48-53(58)55-51(49-56)52(57)46-43-40-37-34-31-28-23-20-17-14-11-8-5-2/h18,21,29-30,50-52,56-57H,4-17,19-20,22-28,31-49H2,1-3H3,(H,55,58)/b21-18-,30-29+. The van der Waals surface area contributed by atoms with Crippen molar-refractivity contribution >= 4 is 11.9 Å². The number of carbonyl (C=O) groups is 2. The van der Waals surface area contributed by atoms with Crippen LogP contribution in [0.4, 0.5) is 0 Å². The van der Waals surface area contributed by atoms with Crippen molar-refractivity contribution in [1.29, 1.82) is 0 Å². The summed E-state index contributed by atoms with van der Waals surface area (Å²) in [5.74, 6) is -0.488. The summed E-state index contributed by atoms with van der Waals surface area (Å²) < 4.78 is 5.93. The summed E-state index contributed by atoms with van der Waals surface area (Å²) in [5, 5.41) is 23.8. The highest BCUT2D eigenvalue weighted by Crippen LogP contribution is 2.18. The zero-order valence-corrected chi connectivity index (χ0v) is 40.4. The van der Waals surface area contributed by atoms with Gasteiger partial charge >= 0.3 is 5.97 Å². The van der Waals surface area contributed by atoms with Crippen molar-refractivity contribution in [2.45, 2.75) is 302 Å². The number of allylic oxidation sites excluding steroid dienone is 4. The first-order valence-electron chi connectivity index (χ1n) is 26.6. The number of hydrogen-bond acceptors (Lipinski definition) is 5. The van der Waals surface area contributed by atoms with Crippen molar-refractivity contribution < 1.29 is 24.5 Å². The van der Waals surface area contributed by atoms with Gasteiger partial charge in [0.05, 0.1) is 25.2 Å². The van der Waals surface area contributed by atoms with E-state index >= 15 is 0 Å². The van der Waals surface area contributed by atoms with E-state index in [0.717, 1.165) is 64.2 Å². The van der Waals surface area contributed by atoms with E-state index in [1.54, 1.807) is 0 Å². The van der Waals surface area contributed by atoms with Gasteiger partial charge in [-0.1, -0.05) is 218 Å². The lowest BCUT2D eigenvalue weighted by Crippen LogP contribution is -2.46. The number of ether oxygens (including phenoxy) is 1. The minimum absolute atomic E-state index is 0.0678. The molecule has 0 rings (SSSR count). The van der Waals surface area contributed by atoms with E-state index in [0.29, 0.717) is 19.3 Å². The zero-order valence-electron chi connectivity index (χ0n) is 40.4. The Morgan fingerprint density at radius 3 is 1.23 bits per heavy atom. The zero-order chi connectivity index (χ0) is 43.8. The predicted molar refractivity (Wildman–Crippen MR) is 260 cm³/mol. The van der Waals surface area contributed by atoms with Crippen molar-refractivity contribution in [1.82, 2.24) is 5.32 Å². The van der Waals surface area contributed by atoms with Gasteiger partial charge in [0.1, 0.15) is 6.10 Å². The molecule has 6 heteroatoms. The summed E-state index contributed by atoms with van der Waals surface area (Å²) in [5.41, 5.74) is 0. The highest BCUT2D eigenvalue weighted by atomic mass is 16.5. The fourth-order valence-corrected chi connectivity index (χ4v) is 8.19. The number of unbranched alkanes of at least 4 members (excludes halogenated alkanes) is 32. The third kappa shape index (κ3) is 43.0. The van der Waals surface area contributed by atoms with Crippen LogP contribution in [0.2, 0.25) is 0 Å². The van der Waals surface area contributed by atoms with Gasteiger partial charge in [0, 0.05) is 6.42 Å². The van der Waals surface area contributed by atoms with Crippen molar-refractivity contribution in [2.24, 2.45) is 0 Å². The van der Waals surface area contributed by atoms with Gasteiger partial charge in [-0.15, -0.1) is 0 Å². The summed E-state index contributed by atoms with van der Waals surface area (Å²) in [6.45, 7) is 6.47. The van der Waals surface area contributed by atoms with Crippen molar-refractivity contribution in [2.75, 3.05) is 6.61 Å². The number of aliphatic hydroxyl groups excluding tert-OH is 2. The molecule has 0 aliphatic rings. The van der Waals surface area contributed by atoms with Crippen molar-refractivity contribution in [3.8, 4) is 0 Å². The van der Waals surface area contributed by atoms with E-state index < -0.39 is 18.2 Å². The van der Waals surface area contributed by atoms with Crippen LogP contribution in [0.15, 0.2) is 24.3 Å². The molecular weight excluding hydrogens is 743 g/mol. The van der Waals surface area contributed by atoms with Crippen LogP contribution in [-0.4, -0.2) is 46.9 Å². The molecule has 0 aromatic carbocycles. The summed E-state index contributed by atoms with van der Waals surface area (Å²) in [6, 6.07) is -0.704. The van der Waals surface area contributed by atoms with Crippen molar-refractivity contribution in [3.63, 3.8) is 0 Å². The van der Waals surface area contributed by atoms with Crippen LogP contribution in [-0.2, 0) is 14.3 Å². The molecule has 0 aliphatic heterocycles. The molecule has 6 nitrogen and oxygen atoms in total. The molecule has 3 unspecified atom stereocenters. The molecule has 0 aromatic heterocycles. The Morgan fingerprint density at radius 2 is 0.800 bits per heavy atom. The molecular formula is C54H103NO5. The molecule has 0 fully saturated rings. The maximum absolute atomic E-state index is 13.2. The van der Waals surface area contributed by atoms with E-state index in [9.17, 15) is 19.8 Å². The van der Waals surface area contributed by atoms with E-state index in [-0.39, 0.29) is 24.9 Å². The van der Waals surface area contributed by atoms with Crippen LogP contribution >= 0.6 is 0 Å². The van der Waals surface area contributed by atoms with Crippen LogP contribution < -0.4 is 5.32 Å². The molecule has 60 heavy (non-hydrogen) atoms. The molecule has 0 radical (unpaired) electrons. The average molecular weight is 846 g/mol. The number of esters is 1. The minimum atomic E-state index is -0.789. The molecule has 3 N–H and O–H groups in total. The maximum Gasteiger partial charge on any atom is 0.306 e. The first-order valence-corrected chi connectivity index (χ1v) is 26.6. The second-order valence-corrected chi connectivity index (χ2v) is 18.3. The Kier molecular flexibility index (Phi) is 47.0. The second-order valence-electron chi connectivity index (χ2n) is 18.3. The molecule has 1 amide bonds. The maximum atomic E-state index is 13.2. The predicted octanol–water partition coefficient (Wildman–Crippen LogP) is 15.9. The van der Waals surface area contributed by atoms with Gasteiger partial charge in [-0.05, 0) is 77.0 Å². The fourth-order valence-electron chi connectivity index (χ4n) is 8.19. The molecule has 0 bridgehead atoms. The SMILES string of the molecule is CCCCC/C=C\CCCCCCCC(=O)OC(CCCCC/C=C/CCCCCCCCCCC)CC(=O)NC(CO)C(O)CCCCCCCCCCCCCCC. The molecule has 0 heterocycles. The van der Waals surface area contributed by atoms with E-state index in [2.05, 4.69) is 50.4 Å². The van der Waals surface area contributed by atoms with Gasteiger partial charge in [0.2, 0.25) is 5.91 Å². The molecule has 0 aromatic rings. The Bertz CT molecular complexity index is 950. The average Bonchev–Trinajstić information content (AvgIpc) is 3.24. The van der Waals surface area contributed by atoms with Crippen LogP contribution in [0, 0.1) is 0 Å². The smallest absolute Gasteiger partial charge is 0.306 e. The number of nitrogens with one attached hydrogen (secondary N) is 1. The third-order valence-corrected chi connectivity index (χ3v) is 12.3. The van der Waals surface area contributed by atoms with E-state index in [1.807, 2.05) is 0 Å². The molecule has 3 atom stereocenters. The first-order chi connectivity index (χ1) is 29.5. The summed E-state index contributed by atoms with van der Waals surface area (Å²) in [7, 11) is 0. The van der Waals surface area contributed by atoms with Gasteiger partial charge in [-0.3, -0.25) is 9.59 Å². The van der Waals surface area contributed by atoms with Crippen LogP contribution in [0.25, 0.3) is 0 Å². The molecule has 0 saturated carbocycles. The molecule has 0 aliphatic carbocycles. The first kappa shape index (κ1) is 58.3. The largest absolute Gasteiger partial charge is 0.462 e. The lowest BCUT2D eigenvalue weighted by atomic mass is 10.0. The number of amides is 1. The van der Waals surface area contributed by atoms with Crippen LogP contribution in [0.5, 0.6) is 0 Å². The quantitative estimate of drug-likeness (QED) is 0.0322. The number of hydrogen-bond donors (Lipinski definition) is 3. The van der Waals surface area contributed by atoms with Gasteiger partial charge in [-0.25, -0.2) is 0 Å². The summed E-state index contributed by atoms with van der Waals surface area (Å²) >= 11 is 0. The van der Waals surface area contributed by atoms with Gasteiger partial charge in [0.15, 0.2) is 0 Å². The number of rotatable bonds is 48. The fraction of sp³-hybridized carbons (Fsp3) is 0.889. The van der Waals surface area contributed by atoms with Crippen LogP contribution in [0.3, 0.4) is 0 Å². The van der Waals surface area contributed by atoms with Gasteiger partial charge < -0.3 is 20.3 Å². The lowest BCUT2D eigenvalue weighted by molar-refractivity contribution is -0.151. The topological polar surface area (TPSA) is 95.9 Å². The Hall–Kier alpha value is -1.66. The second kappa shape index (κ2) is 48.4. The minimum Gasteiger partial charge on any atom is -0.462 e. The monoisotopic (exact) mass is 846 g/mol. The van der Waals surface area contributed by atoms with E-state index in [1.165, 1.54) is 173 Å². The highest BCUT2D eigenvalue weighted by Gasteiger charge is 2.24. The molecule has 0 saturated heterocycles. The third-order valence-electron chi connectivity index (χ3n) is 12.3. The molecule has 0 spiro atoms. The lowest BCUT2D eigenvalue weighted by Gasteiger charge is -2.24. The summed E-state index contributed by atoms with van der Waals surface area (Å²) in [6.07, 6.45) is 55.2. The summed E-state index contributed by atoms with van der Waals surface area (Å²) in [4.78, 5) is 26.1. The normalized spacial score (nSPS) is 13.3. The van der Waals surface area contributed by atoms with Crippen LogP contribution in [0.1, 0.15) is 284 Å². The van der Waals surface area contributed by atoms with E-state index in [4.69, 9.17) is 4.74 Å². The Balaban J connectivity index is 4.58. The Morgan fingerprint density at radius 1 is 0.467 bits per heavy atom. The Labute approximate surface area is 373 Å². The number of carbonyl (C=O) groups excluding carboxylic acids is 2. The molecule has 354 valence electrons. The van der Waals surface area contributed by atoms with Gasteiger partial charge in [0.25, 0.3) is 0 Å². The van der Waals surface area contributed by atoms with Gasteiger partial charge in [-0.2, -0.15) is 0 Å². The highest BCUT2D eigenvalue weighted by molar-refractivity contribution is 5.77. The van der Waals surface area contributed by atoms with Crippen molar-refractivity contribution in [3.05, 3.63) is 24.3 Å². The number of aliphatic hydroxyl groups is 2.